The van der Waals surface area contributed by atoms with Gasteiger partial charge >= 0.3 is 5.97 Å². The number of hydrogen-bond acceptors (Lipinski definition) is 6. The molecule has 0 saturated carbocycles. The molecule has 1 saturated heterocycles. The van der Waals surface area contributed by atoms with Crippen LogP contribution in [0.15, 0.2) is 77.7 Å². The van der Waals surface area contributed by atoms with E-state index >= 15 is 0 Å². The first-order valence-electron chi connectivity index (χ1n) is 9.98. The fourth-order valence-corrected chi connectivity index (χ4v) is 4.79. The van der Waals surface area contributed by atoms with Crippen molar-refractivity contribution in [2.24, 2.45) is 0 Å². The molecule has 3 aromatic rings. The van der Waals surface area contributed by atoms with Gasteiger partial charge in [0, 0.05) is 13.1 Å². The maximum atomic E-state index is 12.8. The van der Waals surface area contributed by atoms with Gasteiger partial charge in [-0.2, -0.15) is 9.57 Å². The normalized spacial score (nSPS) is 14.5. The Hall–Kier alpha value is -3.51. The van der Waals surface area contributed by atoms with E-state index in [0.717, 1.165) is 11.1 Å². The van der Waals surface area contributed by atoms with Gasteiger partial charge in [0.15, 0.2) is 0 Å². The molecule has 0 spiro atoms. The van der Waals surface area contributed by atoms with Crippen LogP contribution < -0.4 is 4.74 Å². The van der Waals surface area contributed by atoms with Gasteiger partial charge in [0.1, 0.15) is 5.75 Å². The Bertz CT molecular complexity index is 1260. The molecule has 162 valence electrons. The summed E-state index contributed by atoms with van der Waals surface area (Å²) >= 11 is 0. The highest BCUT2D eigenvalue weighted by atomic mass is 32.2. The third kappa shape index (κ3) is 4.70. The van der Waals surface area contributed by atoms with Crippen LogP contribution in [-0.4, -0.2) is 45.0 Å². The average Bonchev–Trinajstić information content (AvgIpc) is 2.85. The molecule has 8 heteroatoms. The first-order chi connectivity index (χ1) is 15.5. The number of carbonyl (C=O) groups excluding carboxylic acids is 1. The molecule has 1 aliphatic heterocycles. The highest BCUT2D eigenvalue weighted by Crippen LogP contribution is 2.24. The molecule has 1 aliphatic rings. The smallest absolute Gasteiger partial charge is 0.343 e. The zero-order valence-electron chi connectivity index (χ0n) is 17.1. The number of benzene rings is 3. The first-order valence-corrected chi connectivity index (χ1v) is 11.4. The predicted molar refractivity (Wildman–Crippen MR) is 118 cm³/mol. The SMILES string of the molecule is N#Cc1ccc(-c2ccc(OC(=O)c3cccc(S(=O)(=O)N4CCOCC4)c3)cc2)cc1. The minimum atomic E-state index is -3.71. The number of hydrogen-bond donors (Lipinski definition) is 0. The topological polar surface area (TPSA) is 96.7 Å². The van der Waals surface area contributed by atoms with Gasteiger partial charge in [0.05, 0.1) is 35.3 Å². The van der Waals surface area contributed by atoms with Crippen molar-refractivity contribution in [3.05, 3.63) is 83.9 Å². The number of esters is 1. The van der Waals surface area contributed by atoms with Crippen LogP contribution in [-0.2, 0) is 14.8 Å². The highest BCUT2D eigenvalue weighted by Gasteiger charge is 2.27. The van der Waals surface area contributed by atoms with Gasteiger partial charge in [0.2, 0.25) is 10.0 Å². The molecular formula is C24H20N2O5S. The van der Waals surface area contributed by atoms with E-state index in [-0.39, 0.29) is 23.5 Å². The van der Waals surface area contributed by atoms with Gasteiger partial charge < -0.3 is 9.47 Å². The number of rotatable bonds is 5. The van der Waals surface area contributed by atoms with Gasteiger partial charge in [-0.25, -0.2) is 13.2 Å². The van der Waals surface area contributed by atoms with Crippen molar-refractivity contribution in [3.63, 3.8) is 0 Å². The van der Waals surface area contributed by atoms with Gasteiger partial charge in [0.25, 0.3) is 0 Å². The number of sulfonamides is 1. The number of ether oxygens (including phenoxy) is 2. The number of nitriles is 1. The van der Waals surface area contributed by atoms with Crippen molar-refractivity contribution in [1.82, 2.24) is 4.31 Å². The van der Waals surface area contributed by atoms with E-state index < -0.39 is 16.0 Å². The zero-order valence-corrected chi connectivity index (χ0v) is 17.9. The summed E-state index contributed by atoms with van der Waals surface area (Å²) in [6.07, 6.45) is 0. The molecule has 32 heavy (non-hydrogen) atoms. The molecule has 7 nitrogen and oxygen atoms in total. The lowest BCUT2D eigenvalue weighted by Gasteiger charge is -2.26. The summed E-state index contributed by atoms with van der Waals surface area (Å²) in [6, 6.07) is 22.0. The molecule has 1 heterocycles. The molecule has 0 aliphatic carbocycles. The lowest BCUT2D eigenvalue weighted by Crippen LogP contribution is -2.40. The largest absolute Gasteiger partial charge is 0.423 e. The molecule has 1 fully saturated rings. The minimum absolute atomic E-state index is 0.0463. The Morgan fingerprint density at radius 2 is 1.56 bits per heavy atom. The van der Waals surface area contributed by atoms with Crippen LogP contribution in [0.25, 0.3) is 11.1 Å². The van der Waals surface area contributed by atoms with Crippen LogP contribution in [0.5, 0.6) is 5.75 Å². The summed E-state index contributed by atoms with van der Waals surface area (Å²) in [5.74, 6) is -0.302. The molecule has 0 atom stereocenters. The Kier molecular flexibility index (Phi) is 6.32. The van der Waals surface area contributed by atoms with Crippen molar-refractivity contribution in [2.75, 3.05) is 26.3 Å². The molecule has 0 amide bonds. The molecular weight excluding hydrogens is 428 g/mol. The van der Waals surface area contributed by atoms with Crippen molar-refractivity contribution in [1.29, 1.82) is 5.26 Å². The summed E-state index contributed by atoms with van der Waals surface area (Å²) in [5, 5.41) is 8.90. The third-order valence-corrected chi connectivity index (χ3v) is 6.98. The second-order valence-electron chi connectivity index (χ2n) is 7.15. The van der Waals surface area contributed by atoms with Crippen LogP contribution >= 0.6 is 0 Å². The van der Waals surface area contributed by atoms with Crippen LogP contribution in [0.1, 0.15) is 15.9 Å². The number of nitrogens with zero attached hydrogens (tertiary/aromatic N) is 2. The van der Waals surface area contributed by atoms with Crippen molar-refractivity contribution in [2.45, 2.75) is 4.90 Å². The minimum Gasteiger partial charge on any atom is -0.423 e. The Morgan fingerprint density at radius 1 is 0.938 bits per heavy atom. The molecule has 0 N–H and O–H groups in total. The monoisotopic (exact) mass is 448 g/mol. The molecule has 3 aromatic carbocycles. The van der Waals surface area contributed by atoms with Crippen LogP contribution in [0.4, 0.5) is 0 Å². The van der Waals surface area contributed by atoms with E-state index in [1.807, 2.05) is 24.3 Å². The van der Waals surface area contributed by atoms with Gasteiger partial charge in [-0.05, 0) is 53.6 Å². The van der Waals surface area contributed by atoms with E-state index in [0.29, 0.717) is 24.5 Å². The first kappa shape index (κ1) is 21.7. The van der Waals surface area contributed by atoms with E-state index in [1.165, 1.54) is 28.6 Å². The van der Waals surface area contributed by atoms with Crippen molar-refractivity contribution < 1.29 is 22.7 Å². The molecule has 0 bridgehead atoms. The van der Waals surface area contributed by atoms with Crippen LogP contribution in [0.2, 0.25) is 0 Å². The Labute approximate surface area is 186 Å². The summed E-state index contributed by atoms with van der Waals surface area (Å²) in [5.41, 5.74) is 2.57. The van der Waals surface area contributed by atoms with Crippen molar-refractivity contribution >= 4 is 16.0 Å². The van der Waals surface area contributed by atoms with Crippen LogP contribution in [0, 0.1) is 11.3 Å². The summed E-state index contributed by atoms with van der Waals surface area (Å²) < 4.78 is 37.7. The van der Waals surface area contributed by atoms with E-state index in [1.54, 1.807) is 24.3 Å². The summed E-state index contributed by atoms with van der Waals surface area (Å²) in [7, 11) is -3.71. The number of carbonyl (C=O) groups is 1. The van der Waals surface area contributed by atoms with Gasteiger partial charge in [-0.3, -0.25) is 0 Å². The van der Waals surface area contributed by atoms with E-state index in [4.69, 9.17) is 14.7 Å². The standard InChI is InChI=1S/C24H20N2O5S/c25-17-18-4-6-19(7-5-18)20-8-10-22(11-9-20)31-24(27)21-2-1-3-23(16-21)32(28,29)26-12-14-30-15-13-26/h1-11,16H,12-15H2. The quantitative estimate of drug-likeness (QED) is 0.438. The molecule has 0 unspecified atom stereocenters. The van der Waals surface area contributed by atoms with Gasteiger partial charge in [-0.15, -0.1) is 0 Å². The fourth-order valence-electron chi connectivity index (χ4n) is 3.34. The molecule has 4 rings (SSSR count). The maximum Gasteiger partial charge on any atom is 0.343 e. The second-order valence-corrected chi connectivity index (χ2v) is 9.09. The summed E-state index contributed by atoms with van der Waals surface area (Å²) in [6.45, 7) is 1.25. The average molecular weight is 449 g/mol. The van der Waals surface area contributed by atoms with E-state index in [2.05, 4.69) is 6.07 Å². The summed E-state index contributed by atoms with van der Waals surface area (Å²) in [4.78, 5) is 12.7. The molecule has 0 aromatic heterocycles. The third-order valence-electron chi connectivity index (χ3n) is 5.09. The second kappa shape index (κ2) is 9.32. The Morgan fingerprint density at radius 3 is 2.19 bits per heavy atom. The lowest BCUT2D eigenvalue weighted by molar-refractivity contribution is 0.0727. The predicted octanol–water partition coefficient (Wildman–Crippen LogP) is 3.47. The van der Waals surface area contributed by atoms with Gasteiger partial charge in [-0.1, -0.05) is 30.3 Å². The maximum absolute atomic E-state index is 12.8. The number of morpholine rings is 1. The van der Waals surface area contributed by atoms with Crippen molar-refractivity contribution in [3.8, 4) is 22.9 Å². The highest BCUT2D eigenvalue weighted by molar-refractivity contribution is 7.89. The zero-order chi connectivity index (χ0) is 22.6. The molecule has 0 radical (unpaired) electrons. The Balaban J connectivity index is 1.48. The fraction of sp³-hybridized carbons (Fsp3) is 0.167. The van der Waals surface area contributed by atoms with E-state index in [9.17, 15) is 13.2 Å². The van der Waals surface area contributed by atoms with Crippen LogP contribution in [0.3, 0.4) is 0 Å². The lowest BCUT2D eigenvalue weighted by atomic mass is 10.0.